The summed E-state index contributed by atoms with van der Waals surface area (Å²) in [6, 6.07) is -2.03. The zero-order valence-electron chi connectivity index (χ0n) is 10.9. The molecule has 8 nitrogen and oxygen atoms in total. The summed E-state index contributed by atoms with van der Waals surface area (Å²) in [5.41, 5.74) is 4.91. The van der Waals surface area contributed by atoms with Gasteiger partial charge in [0.15, 0.2) is 0 Å². The van der Waals surface area contributed by atoms with Crippen molar-refractivity contribution in [3.05, 3.63) is 16.1 Å². The Hall–Kier alpha value is -2.16. The lowest BCUT2D eigenvalue weighted by atomic mass is 10.2. The summed E-state index contributed by atoms with van der Waals surface area (Å²) >= 11 is 1.47. The Kier molecular flexibility index (Phi) is 5.91. The SMILES string of the molecule is CCc1cnc(CNC(=O)NC(CC(N)=O)C(=O)O)s1. The molecule has 0 fully saturated rings. The Labute approximate surface area is 119 Å². The Morgan fingerprint density at radius 3 is 2.70 bits per heavy atom. The second-order valence-electron chi connectivity index (χ2n) is 3.96. The van der Waals surface area contributed by atoms with Crippen LogP contribution in [0.15, 0.2) is 6.20 Å². The molecule has 0 saturated carbocycles. The highest BCUT2D eigenvalue weighted by Crippen LogP contribution is 2.12. The van der Waals surface area contributed by atoms with E-state index in [1.165, 1.54) is 11.3 Å². The number of nitrogens with two attached hydrogens (primary N) is 1. The molecular weight excluding hydrogens is 284 g/mol. The van der Waals surface area contributed by atoms with Gasteiger partial charge in [0.05, 0.1) is 13.0 Å². The van der Waals surface area contributed by atoms with Crippen LogP contribution in [-0.2, 0) is 22.6 Å². The minimum atomic E-state index is -1.34. The van der Waals surface area contributed by atoms with E-state index in [-0.39, 0.29) is 6.54 Å². The number of urea groups is 1. The van der Waals surface area contributed by atoms with E-state index in [0.717, 1.165) is 16.3 Å². The molecule has 3 amide bonds. The number of aromatic nitrogens is 1. The largest absolute Gasteiger partial charge is 0.480 e. The fourth-order valence-corrected chi connectivity index (χ4v) is 2.16. The molecule has 1 atom stereocenters. The molecule has 5 N–H and O–H groups in total. The lowest BCUT2D eigenvalue weighted by Gasteiger charge is -2.13. The van der Waals surface area contributed by atoms with Gasteiger partial charge in [-0.1, -0.05) is 6.92 Å². The van der Waals surface area contributed by atoms with Gasteiger partial charge in [0.1, 0.15) is 11.0 Å². The maximum Gasteiger partial charge on any atom is 0.326 e. The first-order chi connectivity index (χ1) is 9.42. The molecule has 1 aromatic heterocycles. The third-order valence-electron chi connectivity index (χ3n) is 2.36. The highest BCUT2D eigenvalue weighted by atomic mass is 32.1. The number of hydrogen-bond acceptors (Lipinski definition) is 5. The number of carbonyl (C=O) groups is 3. The van der Waals surface area contributed by atoms with Crippen LogP contribution >= 0.6 is 11.3 Å². The van der Waals surface area contributed by atoms with E-state index in [2.05, 4.69) is 15.6 Å². The first-order valence-corrected chi connectivity index (χ1v) is 6.73. The molecule has 20 heavy (non-hydrogen) atoms. The molecule has 9 heteroatoms. The summed E-state index contributed by atoms with van der Waals surface area (Å²) in [7, 11) is 0. The van der Waals surface area contributed by atoms with Gasteiger partial charge in [-0.05, 0) is 6.42 Å². The predicted octanol–water partition coefficient (Wildman–Crippen LogP) is -0.167. The molecule has 0 bridgehead atoms. The van der Waals surface area contributed by atoms with Gasteiger partial charge >= 0.3 is 12.0 Å². The predicted molar refractivity (Wildman–Crippen MR) is 72.1 cm³/mol. The summed E-state index contributed by atoms with van der Waals surface area (Å²) in [6.45, 7) is 2.19. The first kappa shape index (κ1) is 15.9. The van der Waals surface area contributed by atoms with Gasteiger partial charge in [0, 0.05) is 11.1 Å². The van der Waals surface area contributed by atoms with E-state index < -0.39 is 30.4 Å². The van der Waals surface area contributed by atoms with Gasteiger partial charge in [0.2, 0.25) is 5.91 Å². The van der Waals surface area contributed by atoms with Crippen LogP contribution in [0.1, 0.15) is 23.2 Å². The fraction of sp³-hybridized carbons (Fsp3) is 0.455. The second-order valence-corrected chi connectivity index (χ2v) is 5.16. The number of carbonyl (C=O) groups excluding carboxylic acids is 2. The Morgan fingerprint density at radius 2 is 2.20 bits per heavy atom. The third kappa shape index (κ3) is 5.22. The van der Waals surface area contributed by atoms with E-state index in [1.54, 1.807) is 6.20 Å². The molecule has 0 saturated heterocycles. The number of nitrogens with one attached hydrogen (secondary N) is 2. The highest BCUT2D eigenvalue weighted by Gasteiger charge is 2.21. The Balaban J connectivity index is 2.45. The number of carboxylic acid groups (broad SMARTS) is 1. The number of thiazole rings is 1. The van der Waals surface area contributed by atoms with E-state index in [9.17, 15) is 14.4 Å². The van der Waals surface area contributed by atoms with Crippen LogP contribution in [0.2, 0.25) is 0 Å². The van der Waals surface area contributed by atoms with Gasteiger partial charge in [-0.3, -0.25) is 4.79 Å². The van der Waals surface area contributed by atoms with Crippen LogP contribution < -0.4 is 16.4 Å². The molecule has 1 rings (SSSR count). The van der Waals surface area contributed by atoms with Crippen molar-refractivity contribution < 1.29 is 19.5 Å². The lowest BCUT2D eigenvalue weighted by Crippen LogP contribution is -2.47. The van der Waals surface area contributed by atoms with Crippen molar-refractivity contribution in [1.82, 2.24) is 15.6 Å². The number of primary amides is 1. The van der Waals surface area contributed by atoms with Crippen molar-refractivity contribution in [1.29, 1.82) is 0 Å². The monoisotopic (exact) mass is 300 g/mol. The molecule has 0 aliphatic rings. The maximum absolute atomic E-state index is 11.5. The average molecular weight is 300 g/mol. The number of rotatable bonds is 7. The summed E-state index contributed by atoms with van der Waals surface area (Å²) in [4.78, 5) is 38.2. The quantitative estimate of drug-likeness (QED) is 0.554. The van der Waals surface area contributed by atoms with Crippen molar-refractivity contribution in [2.24, 2.45) is 5.73 Å². The second kappa shape index (κ2) is 7.43. The molecule has 1 unspecified atom stereocenters. The van der Waals surface area contributed by atoms with Crippen LogP contribution in [0.4, 0.5) is 4.79 Å². The normalized spacial score (nSPS) is 11.7. The topological polar surface area (TPSA) is 134 Å². The zero-order chi connectivity index (χ0) is 15.1. The van der Waals surface area contributed by atoms with E-state index in [1.807, 2.05) is 6.92 Å². The maximum atomic E-state index is 11.5. The van der Waals surface area contributed by atoms with Crippen molar-refractivity contribution in [2.45, 2.75) is 32.4 Å². The molecule has 0 spiro atoms. The van der Waals surface area contributed by atoms with E-state index in [4.69, 9.17) is 10.8 Å². The summed E-state index contributed by atoms with van der Waals surface area (Å²) in [5.74, 6) is -2.12. The van der Waals surface area contributed by atoms with Gasteiger partial charge < -0.3 is 21.5 Å². The first-order valence-electron chi connectivity index (χ1n) is 5.91. The minimum Gasteiger partial charge on any atom is -0.480 e. The standard InChI is InChI=1S/C11H16N4O4S/c1-2-6-4-13-9(20-6)5-14-11(19)15-7(10(17)18)3-8(12)16/h4,7H,2-3,5H2,1H3,(H2,12,16)(H,17,18)(H2,14,15,19). The molecule has 1 aromatic rings. The summed E-state index contributed by atoms with van der Waals surface area (Å²) in [5, 5.41) is 14.2. The van der Waals surface area contributed by atoms with E-state index in [0.29, 0.717) is 0 Å². The molecule has 1 heterocycles. The molecule has 110 valence electrons. The summed E-state index contributed by atoms with van der Waals surface area (Å²) in [6.07, 6.45) is 2.14. The minimum absolute atomic E-state index is 0.194. The molecule has 0 aliphatic carbocycles. The van der Waals surface area contributed by atoms with Crippen molar-refractivity contribution >= 4 is 29.2 Å². The van der Waals surface area contributed by atoms with Gasteiger partial charge in [-0.25, -0.2) is 14.6 Å². The van der Waals surface area contributed by atoms with Gasteiger partial charge in [-0.15, -0.1) is 11.3 Å². The van der Waals surface area contributed by atoms with Crippen molar-refractivity contribution in [3.8, 4) is 0 Å². The lowest BCUT2D eigenvalue weighted by molar-refractivity contribution is -0.140. The van der Waals surface area contributed by atoms with Gasteiger partial charge in [-0.2, -0.15) is 0 Å². The number of amides is 3. The van der Waals surface area contributed by atoms with Crippen LogP contribution in [-0.4, -0.2) is 34.0 Å². The Morgan fingerprint density at radius 1 is 1.50 bits per heavy atom. The van der Waals surface area contributed by atoms with Crippen LogP contribution in [0.25, 0.3) is 0 Å². The van der Waals surface area contributed by atoms with Crippen LogP contribution in [0, 0.1) is 0 Å². The Bertz CT molecular complexity index is 502. The van der Waals surface area contributed by atoms with Crippen LogP contribution in [0.3, 0.4) is 0 Å². The third-order valence-corrected chi connectivity index (χ3v) is 3.50. The highest BCUT2D eigenvalue weighted by molar-refractivity contribution is 7.11. The smallest absolute Gasteiger partial charge is 0.326 e. The fourth-order valence-electron chi connectivity index (χ4n) is 1.36. The van der Waals surface area contributed by atoms with Crippen molar-refractivity contribution in [3.63, 3.8) is 0 Å². The van der Waals surface area contributed by atoms with Crippen LogP contribution in [0.5, 0.6) is 0 Å². The number of nitrogens with zero attached hydrogens (tertiary/aromatic N) is 1. The number of hydrogen-bond donors (Lipinski definition) is 4. The summed E-state index contributed by atoms with van der Waals surface area (Å²) < 4.78 is 0. The average Bonchev–Trinajstić information content (AvgIpc) is 2.83. The number of aryl methyl sites for hydroxylation is 1. The van der Waals surface area contributed by atoms with Crippen molar-refractivity contribution in [2.75, 3.05) is 0 Å². The zero-order valence-corrected chi connectivity index (χ0v) is 11.7. The van der Waals surface area contributed by atoms with Gasteiger partial charge in [0.25, 0.3) is 0 Å². The molecule has 0 radical (unpaired) electrons. The van der Waals surface area contributed by atoms with E-state index >= 15 is 0 Å². The number of aliphatic carboxylic acids is 1. The molecular formula is C11H16N4O4S. The molecule has 0 aliphatic heterocycles. The number of carboxylic acids is 1. The molecule has 0 aromatic carbocycles.